The summed E-state index contributed by atoms with van der Waals surface area (Å²) in [4.78, 5) is 29.2. The third-order valence-electron chi connectivity index (χ3n) is 5.30. The lowest BCUT2D eigenvalue weighted by Gasteiger charge is -2.23. The number of nitrogens with one attached hydrogen (secondary N) is 2. The van der Waals surface area contributed by atoms with E-state index in [1.165, 1.54) is 0 Å². The van der Waals surface area contributed by atoms with Crippen LogP contribution in [0.3, 0.4) is 0 Å². The lowest BCUT2D eigenvalue weighted by Crippen LogP contribution is -2.46. The molecule has 0 bridgehead atoms. The van der Waals surface area contributed by atoms with Crippen LogP contribution in [0.5, 0.6) is 5.75 Å². The Morgan fingerprint density at radius 2 is 2.17 bits per heavy atom. The fourth-order valence-corrected chi connectivity index (χ4v) is 3.41. The fourth-order valence-electron chi connectivity index (χ4n) is 3.41. The molecule has 2 aliphatic rings. The Hall–Kier alpha value is -3.07. The van der Waals surface area contributed by atoms with Crippen molar-refractivity contribution in [2.75, 3.05) is 11.9 Å². The van der Waals surface area contributed by atoms with E-state index in [1.54, 1.807) is 12.3 Å². The van der Waals surface area contributed by atoms with Gasteiger partial charge in [-0.15, -0.1) is 0 Å². The fraction of sp³-hybridized carbons (Fsp3) is 0.350. The van der Waals surface area contributed by atoms with Gasteiger partial charge in [-0.3, -0.25) is 14.6 Å². The molecule has 7 nitrogen and oxygen atoms in total. The summed E-state index contributed by atoms with van der Waals surface area (Å²) in [6, 6.07) is 2.15. The molecule has 2 aromatic rings. The maximum atomic E-state index is 13.9. The van der Waals surface area contributed by atoms with Gasteiger partial charge in [0.05, 0.1) is 12.2 Å². The Morgan fingerprint density at radius 3 is 2.93 bits per heavy atom. The lowest BCUT2D eigenvalue weighted by molar-refractivity contribution is -0.118. The summed E-state index contributed by atoms with van der Waals surface area (Å²) in [5.74, 6) is -3.19. The number of carbonyl (C=O) groups excluding carboxylic acids is 2. The highest BCUT2D eigenvalue weighted by Gasteiger charge is 2.35. The standard InChI is InChI=1S/C20H19F2N3O4/c1-3-20(2)12-6-14(23-7-10(12)8-29-20)18(26)24-15-9-28-16-5-11(21)4-13(22)17(16)25-19(15)27/h4-7,15H,3,8-9H2,1-2H3,(H,24,26)(H,25,27)/t15-,20-/m0/s1. The highest BCUT2D eigenvalue weighted by Crippen LogP contribution is 2.38. The summed E-state index contributed by atoms with van der Waals surface area (Å²) < 4.78 is 38.5. The van der Waals surface area contributed by atoms with Crippen molar-refractivity contribution in [2.45, 2.75) is 38.5 Å². The van der Waals surface area contributed by atoms with Crippen LogP contribution in [0.15, 0.2) is 24.4 Å². The maximum Gasteiger partial charge on any atom is 0.270 e. The van der Waals surface area contributed by atoms with Crippen LogP contribution in [0, 0.1) is 11.6 Å². The predicted molar refractivity (Wildman–Crippen MR) is 98.4 cm³/mol. The summed E-state index contributed by atoms with van der Waals surface area (Å²) in [6.07, 6.45) is 2.31. The Morgan fingerprint density at radius 1 is 1.38 bits per heavy atom. The van der Waals surface area contributed by atoms with Gasteiger partial charge in [-0.1, -0.05) is 6.92 Å². The van der Waals surface area contributed by atoms with Gasteiger partial charge < -0.3 is 20.1 Å². The minimum Gasteiger partial charge on any atom is -0.488 e. The molecule has 4 rings (SSSR count). The largest absolute Gasteiger partial charge is 0.488 e. The van der Waals surface area contributed by atoms with Crippen molar-refractivity contribution in [3.63, 3.8) is 0 Å². The molecule has 0 unspecified atom stereocenters. The molecule has 2 aliphatic heterocycles. The van der Waals surface area contributed by atoms with Crippen LogP contribution in [-0.4, -0.2) is 29.4 Å². The minimum atomic E-state index is -1.11. The zero-order valence-electron chi connectivity index (χ0n) is 15.8. The number of anilines is 1. The molecule has 2 N–H and O–H groups in total. The molecule has 0 spiro atoms. The Kier molecular flexibility index (Phi) is 4.70. The molecule has 0 aliphatic carbocycles. The van der Waals surface area contributed by atoms with Crippen molar-refractivity contribution in [3.8, 4) is 5.75 Å². The lowest BCUT2D eigenvalue weighted by atomic mass is 9.92. The zero-order chi connectivity index (χ0) is 20.8. The third-order valence-corrected chi connectivity index (χ3v) is 5.30. The van der Waals surface area contributed by atoms with Gasteiger partial charge in [-0.25, -0.2) is 8.78 Å². The molecule has 0 saturated heterocycles. The van der Waals surface area contributed by atoms with Gasteiger partial charge in [0.25, 0.3) is 11.8 Å². The molecule has 0 radical (unpaired) electrons. The summed E-state index contributed by atoms with van der Waals surface area (Å²) in [6.45, 7) is 4.07. The number of nitrogens with zero attached hydrogens (tertiary/aromatic N) is 1. The van der Waals surface area contributed by atoms with Crippen molar-refractivity contribution >= 4 is 17.5 Å². The van der Waals surface area contributed by atoms with E-state index in [0.29, 0.717) is 12.7 Å². The van der Waals surface area contributed by atoms with Crippen molar-refractivity contribution < 1.29 is 27.8 Å². The Bertz CT molecular complexity index is 1010. The second-order valence-electron chi connectivity index (χ2n) is 7.19. The highest BCUT2D eigenvalue weighted by atomic mass is 19.1. The van der Waals surface area contributed by atoms with Crippen molar-refractivity contribution in [2.24, 2.45) is 0 Å². The van der Waals surface area contributed by atoms with Gasteiger partial charge in [-0.2, -0.15) is 0 Å². The number of carbonyl (C=O) groups is 2. The molecule has 0 fully saturated rings. The second-order valence-corrected chi connectivity index (χ2v) is 7.19. The monoisotopic (exact) mass is 403 g/mol. The Labute approximate surface area is 165 Å². The summed E-state index contributed by atoms with van der Waals surface area (Å²) in [5.41, 5.74) is 1.15. The van der Waals surface area contributed by atoms with E-state index in [4.69, 9.17) is 9.47 Å². The van der Waals surface area contributed by atoms with Crippen LogP contribution >= 0.6 is 0 Å². The molecule has 2 atom stereocenters. The number of benzene rings is 1. The number of hydrogen-bond acceptors (Lipinski definition) is 5. The van der Waals surface area contributed by atoms with Crippen LogP contribution in [-0.2, 0) is 21.7 Å². The first-order chi connectivity index (χ1) is 13.8. The minimum absolute atomic E-state index is 0.126. The van der Waals surface area contributed by atoms with Crippen LogP contribution in [0.4, 0.5) is 14.5 Å². The van der Waals surface area contributed by atoms with E-state index in [-0.39, 0.29) is 23.7 Å². The number of pyridine rings is 1. The van der Waals surface area contributed by atoms with Gasteiger partial charge in [0, 0.05) is 23.9 Å². The van der Waals surface area contributed by atoms with Crippen molar-refractivity contribution in [1.82, 2.24) is 10.3 Å². The van der Waals surface area contributed by atoms with Crippen LogP contribution in [0.25, 0.3) is 0 Å². The maximum absolute atomic E-state index is 13.9. The van der Waals surface area contributed by atoms with Crippen molar-refractivity contribution in [1.29, 1.82) is 0 Å². The molecule has 1 aromatic carbocycles. The normalized spacial score (nSPS) is 22.8. The number of amides is 2. The van der Waals surface area contributed by atoms with Gasteiger partial charge >= 0.3 is 0 Å². The number of halogens is 2. The first-order valence-electron chi connectivity index (χ1n) is 9.17. The topological polar surface area (TPSA) is 89.6 Å². The van der Waals surface area contributed by atoms with Crippen LogP contribution < -0.4 is 15.4 Å². The van der Waals surface area contributed by atoms with E-state index in [2.05, 4.69) is 15.6 Å². The average Bonchev–Trinajstić information content (AvgIpc) is 2.95. The van der Waals surface area contributed by atoms with E-state index in [9.17, 15) is 18.4 Å². The van der Waals surface area contributed by atoms with Crippen LogP contribution in [0.2, 0.25) is 0 Å². The van der Waals surface area contributed by atoms with Gasteiger partial charge in [0.15, 0.2) is 5.82 Å². The smallest absolute Gasteiger partial charge is 0.270 e. The van der Waals surface area contributed by atoms with E-state index < -0.39 is 35.1 Å². The van der Waals surface area contributed by atoms with Crippen molar-refractivity contribution in [3.05, 3.63) is 52.9 Å². The number of fused-ring (bicyclic) bond motifs is 2. The van der Waals surface area contributed by atoms with Gasteiger partial charge in [0.1, 0.15) is 35.6 Å². The number of rotatable bonds is 3. The summed E-state index contributed by atoms with van der Waals surface area (Å²) >= 11 is 0. The van der Waals surface area contributed by atoms with E-state index >= 15 is 0 Å². The van der Waals surface area contributed by atoms with Gasteiger partial charge in [0.2, 0.25) is 0 Å². The molecule has 2 amide bonds. The van der Waals surface area contributed by atoms with Gasteiger partial charge in [-0.05, 0) is 25.0 Å². The van der Waals surface area contributed by atoms with Crippen LogP contribution in [0.1, 0.15) is 41.9 Å². The molecule has 0 saturated carbocycles. The average molecular weight is 403 g/mol. The first-order valence-corrected chi connectivity index (χ1v) is 9.17. The second kappa shape index (κ2) is 7.07. The Balaban J connectivity index is 1.53. The molecule has 3 heterocycles. The molecule has 9 heteroatoms. The number of hydrogen-bond donors (Lipinski definition) is 2. The van der Waals surface area contributed by atoms with E-state index in [0.717, 1.165) is 23.6 Å². The number of ether oxygens (including phenoxy) is 2. The molecule has 29 heavy (non-hydrogen) atoms. The number of aromatic nitrogens is 1. The highest BCUT2D eigenvalue weighted by molar-refractivity contribution is 6.01. The molecular formula is C20H19F2N3O4. The zero-order valence-corrected chi connectivity index (χ0v) is 15.8. The molecule has 152 valence electrons. The first kappa shape index (κ1) is 19.3. The SMILES string of the molecule is CC[C@]1(C)OCc2cnc(C(=O)N[C@H]3COc4cc(F)cc(F)c4NC3=O)cc21. The summed E-state index contributed by atoms with van der Waals surface area (Å²) in [7, 11) is 0. The third kappa shape index (κ3) is 3.42. The molecule has 1 aromatic heterocycles. The summed E-state index contributed by atoms with van der Waals surface area (Å²) in [5, 5.41) is 4.86. The quantitative estimate of drug-likeness (QED) is 0.823. The molecular weight excluding hydrogens is 384 g/mol. The van der Waals surface area contributed by atoms with E-state index in [1.807, 2.05) is 13.8 Å². The predicted octanol–water partition coefficient (Wildman–Crippen LogP) is 2.64.